The molecule has 2 rings (SSSR count). The van der Waals surface area contributed by atoms with E-state index in [9.17, 15) is 4.79 Å². The van der Waals surface area contributed by atoms with Crippen molar-refractivity contribution >= 4 is 24.3 Å². The van der Waals surface area contributed by atoms with Gasteiger partial charge >= 0.3 is 0 Å². The van der Waals surface area contributed by atoms with Gasteiger partial charge in [0.2, 0.25) is 0 Å². The third-order valence-corrected chi connectivity index (χ3v) is 3.91. The lowest BCUT2D eigenvalue weighted by molar-refractivity contribution is 0.104. The molecule has 0 bridgehead atoms. The molecule has 2 nitrogen and oxygen atoms in total. The van der Waals surface area contributed by atoms with Gasteiger partial charge in [0, 0.05) is 5.56 Å². The van der Waals surface area contributed by atoms with Crippen LogP contribution >= 0.6 is 12.4 Å². The van der Waals surface area contributed by atoms with Crippen LogP contribution in [0.5, 0.6) is 0 Å². The minimum Gasteiger partial charge on any atom is -0.309 e. The van der Waals surface area contributed by atoms with Gasteiger partial charge in [0.25, 0.3) is 0 Å². The molecule has 0 heterocycles. The van der Waals surface area contributed by atoms with Crippen molar-refractivity contribution < 1.29 is 4.79 Å². The molecule has 0 aliphatic rings. The largest absolute Gasteiger partial charge is 0.309 e. The Bertz CT molecular complexity index is 674. The van der Waals surface area contributed by atoms with Gasteiger partial charge < -0.3 is 4.90 Å². The fraction of sp³-hybridized carbons (Fsp3) is 0.286. The van der Waals surface area contributed by atoms with Gasteiger partial charge in [-0.3, -0.25) is 4.79 Å². The molecule has 0 N–H and O–H groups in total. The topological polar surface area (TPSA) is 20.3 Å². The molecule has 0 aromatic heterocycles. The van der Waals surface area contributed by atoms with Crippen molar-refractivity contribution in [3.05, 3.63) is 76.9 Å². The number of carbonyl (C=O) groups is 1. The first-order chi connectivity index (χ1) is 11.1. The van der Waals surface area contributed by atoms with Crippen molar-refractivity contribution in [2.75, 3.05) is 20.6 Å². The molecule has 0 saturated heterocycles. The summed E-state index contributed by atoms with van der Waals surface area (Å²) in [6.07, 6.45) is 5.73. The summed E-state index contributed by atoms with van der Waals surface area (Å²) >= 11 is 0. The van der Waals surface area contributed by atoms with E-state index in [1.807, 2.05) is 49.4 Å². The Hall–Kier alpha value is -1.90. The summed E-state index contributed by atoms with van der Waals surface area (Å²) in [6, 6.07) is 16.0. The molecule has 128 valence electrons. The Morgan fingerprint density at radius 2 is 1.71 bits per heavy atom. The molecule has 0 unspecified atom stereocenters. The fourth-order valence-electron chi connectivity index (χ4n) is 2.47. The number of carbonyl (C=O) groups excluding carboxylic acids is 1. The van der Waals surface area contributed by atoms with E-state index >= 15 is 0 Å². The van der Waals surface area contributed by atoms with E-state index in [1.165, 1.54) is 11.1 Å². The van der Waals surface area contributed by atoms with Gasteiger partial charge in [-0.2, -0.15) is 0 Å². The zero-order valence-corrected chi connectivity index (χ0v) is 15.5. The van der Waals surface area contributed by atoms with Gasteiger partial charge in [0.1, 0.15) is 0 Å². The molecule has 3 heteroatoms. The predicted octanol–water partition coefficient (Wildman–Crippen LogP) is 4.81. The SMILES string of the molecule is Cc1ccccc1/C=C/C(=O)c1ccc(CCCN(C)C)cc1.Cl. The molecule has 0 fully saturated rings. The van der Waals surface area contributed by atoms with Crippen molar-refractivity contribution in [2.24, 2.45) is 0 Å². The third kappa shape index (κ3) is 6.31. The summed E-state index contributed by atoms with van der Waals surface area (Å²) in [5.74, 6) is 0.0492. The lowest BCUT2D eigenvalue weighted by atomic mass is 10.0. The highest BCUT2D eigenvalue weighted by Crippen LogP contribution is 2.12. The van der Waals surface area contributed by atoms with Gasteiger partial charge in [0.15, 0.2) is 5.78 Å². The van der Waals surface area contributed by atoms with Crippen molar-refractivity contribution in [2.45, 2.75) is 19.8 Å². The molecule has 0 radical (unpaired) electrons. The second-order valence-electron chi connectivity index (χ2n) is 6.16. The average molecular weight is 344 g/mol. The van der Waals surface area contributed by atoms with Crippen LogP contribution in [0.25, 0.3) is 6.08 Å². The molecular weight excluding hydrogens is 318 g/mol. The number of halogens is 1. The van der Waals surface area contributed by atoms with Crippen LogP contribution in [0.3, 0.4) is 0 Å². The van der Waals surface area contributed by atoms with Crippen molar-refractivity contribution in [3.63, 3.8) is 0 Å². The third-order valence-electron chi connectivity index (χ3n) is 3.91. The first-order valence-electron chi connectivity index (χ1n) is 8.08. The number of hydrogen-bond donors (Lipinski definition) is 0. The van der Waals surface area contributed by atoms with Crippen LogP contribution in [0, 0.1) is 6.92 Å². The van der Waals surface area contributed by atoms with Crippen LogP contribution in [0.2, 0.25) is 0 Å². The summed E-state index contributed by atoms with van der Waals surface area (Å²) in [5.41, 5.74) is 4.28. The number of aryl methyl sites for hydroxylation is 2. The molecule has 0 aliphatic carbocycles. The number of benzene rings is 2. The summed E-state index contributed by atoms with van der Waals surface area (Å²) in [5, 5.41) is 0. The summed E-state index contributed by atoms with van der Waals surface area (Å²) < 4.78 is 0. The van der Waals surface area contributed by atoms with E-state index in [4.69, 9.17) is 0 Å². The van der Waals surface area contributed by atoms with Crippen molar-refractivity contribution in [3.8, 4) is 0 Å². The summed E-state index contributed by atoms with van der Waals surface area (Å²) in [4.78, 5) is 14.4. The maximum Gasteiger partial charge on any atom is 0.185 e. The molecule has 2 aromatic rings. The van der Waals surface area contributed by atoms with Crippen LogP contribution in [0.4, 0.5) is 0 Å². The molecule has 0 saturated carbocycles. The minimum absolute atomic E-state index is 0. The average Bonchev–Trinajstić information content (AvgIpc) is 2.54. The van der Waals surface area contributed by atoms with E-state index in [-0.39, 0.29) is 18.2 Å². The smallest absolute Gasteiger partial charge is 0.185 e. The number of ketones is 1. The van der Waals surface area contributed by atoms with Gasteiger partial charge in [-0.1, -0.05) is 54.6 Å². The Labute approximate surface area is 151 Å². The standard InChI is InChI=1S/C21H25NO.ClH/c1-17-7-4-5-9-19(17)14-15-21(23)20-12-10-18(11-13-20)8-6-16-22(2)3;/h4-5,7,9-15H,6,8,16H2,1-3H3;1H/b15-14+;. The zero-order chi connectivity index (χ0) is 16.7. The molecule has 24 heavy (non-hydrogen) atoms. The van der Waals surface area contributed by atoms with E-state index < -0.39 is 0 Å². The molecule has 0 amide bonds. The van der Waals surface area contributed by atoms with Crippen molar-refractivity contribution in [1.29, 1.82) is 0 Å². The first kappa shape index (κ1) is 20.1. The fourth-order valence-corrected chi connectivity index (χ4v) is 2.47. The van der Waals surface area contributed by atoms with Crippen molar-refractivity contribution in [1.82, 2.24) is 4.90 Å². The number of allylic oxidation sites excluding steroid dienone is 1. The van der Waals surface area contributed by atoms with Gasteiger partial charge in [-0.25, -0.2) is 0 Å². The lowest BCUT2D eigenvalue weighted by Crippen LogP contribution is -2.13. The Kier molecular flexibility index (Phi) is 8.45. The number of rotatable bonds is 7. The highest BCUT2D eigenvalue weighted by atomic mass is 35.5. The Morgan fingerprint density at radius 3 is 2.33 bits per heavy atom. The van der Waals surface area contributed by atoms with Gasteiger partial charge in [-0.05, 0) is 63.2 Å². The van der Waals surface area contributed by atoms with Crippen LogP contribution in [-0.2, 0) is 6.42 Å². The van der Waals surface area contributed by atoms with Gasteiger partial charge in [0.05, 0.1) is 0 Å². The van der Waals surface area contributed by atoms with E-state index in [2.05, 4.69) is 31.1 Å². The van der Waals surface area contributed by atoms with Crippen LogP contribution in [0.15, 0.2) is 54.6 Å². The normalized spacial score (nSPS) is 10.8. The number of hydrogen-bond acceptors (Lipinski definition) is 2. The van der Waals surface area contributed by atoms with E-state index in [0.29, 0.717) is 0 Å². The minimum atomic E-state index is 0. The lowest BCUT2D eigenvalue weighted by Gasteiger charge is -2.09. The molecular formula is C21H26ClNO. The monoisotopic (exact) mass is 343 g/mol. The Morgan fingerprint density at radius 1 is 1.04 bits per heavy atom. The summed E-state index contributed by atoms with van der Waals surface area (Å²) in [6.45, 7) is 3.13. The number of nitrogens with zero attached hydrogens (tertiary/aromatic N) is 1. The maximum absolute atomic E-state index is 12.3. The maximum atomic E-state index is 12.3. The predicted molar refractivity (Wildman–Crippen MR) is 105 cm³/mol. The molecule has 0 spiro atoms. The van der Waals surface area contributed by atoms with E-state index in [0.717, 1.165) is 30.5 Å². The van der Waals surface area contributed by atoms with Crippen LogP contribution < -0.4 is 0 Å². The highest BCUT2D eigenvalue weighted by molar-refractivity contribution is 6.06. The second kappa shape index (κ2) is 10.1. The van der Waals surface area contributed by atoms with E-state index in [1.54, 1.807) is 6.08 Å². The summed E-state index contributed by atoms with van der Waals surface area (Å²) in [7, 11) is 4.17. The molecule has 0 aliphatic heterocycles. The van der Waals surface area contributed by atoms with Gasteiger partial charge in [-0.15, -0.1) is 12.4 Å². The zero-order valence-electron chi connectivity index (χ0n) is 14.7. The van der Waals surface area contributed by atoms with Crippen LogP contribution in [0.1, 0.15) is 33.5 Å². The van der Waals surface area contributed by atoms with Crippen LogP contribution in [-0.4, -0.2) is 31.3 Å². The quantitative estimate of drug-likeness (QED) is 0.531. The second-order valence-corrected chi connectivity index (χ2v) is 6.16. The highest BCUT2D eigenvalue weighted by Gasteiger charge is 2.02. The first-order valence-corrected chi connectivity index (χ1v) is 8.08. The molecule has 0 atom stereocenters. The molecule has 2 aromatic carbocycles. The Balaban J connectivity index is 0.00000288.